The van der Waals surface area contributed by atoms with E-state index in [9.17, 15) is 0 Å². The van der Waals surface area contributed by atoms with E-state index >= 15 is 0 Å². The summed E-state index contributed by atoms with van der Waals surface area (Å²) in [4.78, 5) is 6.66. The van der Waals surface area contributed by atoms with Gasteiger partial charge in [0.1, 0.15) is 5.82 Å². The average Bonchev–Trinajstić information content (AvgIpc) is 2.37. The van der Waals surface area contributed by atoms with Gasteiger partial charge < -0.3 is 15.4 Å². The molecule has 0 amide bonds. The second-order valence-corrected chi connectivity index (χ2v) is 5.66. The standard InChI is InChI=1S/C15H27N3O/c1-6-12(4)9-18(5)14-8-7-13(16)15(17-14)19-10-11(2)3/h7-8,11-12H,6,9-10,16H2,1-5H3. The summed E-state index contributed by atoms with van der Waals surface area (Å²) < 4.78 is 5.66. The molecule has 19 heavy (non-hydrogen) atoms. The largest absolute Gasteiger partial charge is 0.476 e. The fourth-order valence-electron chi connectivity index (χ4n) is 1.71. The van der Waals surface area contributed by atoms with Gasteiger partial charge in [0.05, 0.1) is 12.3 Å². The lowest BCUT2D eigenvalue weighted by Gasteiger charge is -2.22. The van der Waals surface area contributed by atoms with Crippen molar-refractivity contribution in [3.05, 3.63) is 12.1 Å². The third-order valence-corrected chi connectivity index (χ3v) is 3.10. The molecule has 4 heteroatoms. The maximum absolute atomic E-state index is 5.90. The van der Waals surface area contributed by atoms with Gasteiger partial charge in [0.2, 0.25) is 5.88 Å². The van der Waals surface area contributed by atoms with Crippen molar-refractivity contribution in [3.8, 4) is 5.88 Å². The van der Waals surface area contributed by atoms with E-state index in [1.54, 1.807) is 0 Å². The minimum atomic E-state index is 0.461. The van der Waals surface area contributed by atoms with Crippen LogP contribution in [0.2, 0.25) is 0 Å². The molecule has 0 saturated carbocycles. The van der Waals surface area contributed by atoms with Gasteiger partial charge in [-0.25, -0.2) is 0 Å². The van der Waals surface area contributed by atoms with Crippen LogP contribution in [0, 0.1) is 11.8 Å². The Kier molecular flexibility index (Phi) is 5.93. The van der Waals surface area contributed by atoms with Crippen LogP contribution < -0.4 is 15.4 Å². The van der Waals surface area contributed by atoms with E-state index in [2.05, 4.69) is 44.6 Å². The van der Waals surface area contributed by atoms with Crippen LogP contribution in [0.4, 0.5) is 11.5 Å². The van der Waals surface area contributed by atoms with E-state index in [1.165, 1.54) is 0 Å². The van der Waals surface area contributed by atoms with Crippen molar-refractivity contribution in [2.75, 3.05) is 30.8 Å². The van der Waals surface area contributed by atoms with E-state index in [-0.39, 0.29) is 0 Å². The van der Waals surface area contributed by atoms with Crippen LogP contribution in [0.25, 0.3) is 0 Å². The molecule has 1 atom stereocenters. The Hall–Kier alpha value is -1.45. The molecule has 0 fully saturated rings. The highest BCUT2D eigenvalue weighted by atomic mass is 16.5. The number of rotatable bonds is 7. The van der Waals surface area contributed by atoms with Crippen LogP contribution in [0.1, 0.15) is 34.1 Å². The summed E-state index contributed by atoms with van der Waals surface area (Å²) >= 11 is 0. The number of nitrogens with two attached hydrogens (primary N) is 1. The average molecular weight is 265 g/mol. The molecule has 0 saturated heterocycles. The van der Waals surface area contributed by atoms with Crippen molar-refractivity contribution in [2.45, 2.75) is 34.1 Å². The van der Waals surface area contributed by atoms with Crippen molar-refractivity contribution in [3.63, 3.8) is 0 Å². The predicted octanol–water partition coefficient (Wildman–Crippen LogP) is 3.18. The van der Waals surface area contributed by atoms with Gasteiger partial charge in [-0.1, -0.05) is 34.1 Å². The van der Waals surface area contributed by atoms with Crippen molar-refractivity contribution < 1.29 is 4.74 Å². The molecule has 0 aromatic carbocycles. The molecule has 4 nitrogen and oxygen atoms in total. The van der Waals surface area contributed by atoms with Crippen LogP contribution >= 0.6 is 0 Å². The zero-order valence-electron chi connectivity index (χ0n) is 12.8. The van der Waals surface area contributed by atoms with Crippen LogP contribution in [-0.4, -0.2) is 25.2 Å². The molecule has 1 aromatic rings. The number of aromatic nitrogens is 1. The first-order chi connectivity index (χ1) is 8.93. The highest BCUT2D eigenvalue weighted by molar-refractivity contribution is 5.54. The molecule has 0 aliphatic rings. The van der Waals surface area contributed by atoms with E-state index in [1.807, 2.05) is 12.1 Å². The zero-order valence-corrected chi connectivity index (χ0v) is 12.8. The quantitative estimate of drug-likeness (QED) is 0.822. The van der Waals surface area contributed by atoms with Gasteiger partial charge in [-0.2, -0.15) is 4.98 Å². The molecular weight excluding hydrogens is 238 g/mol. The van der Waals surface area contributed by atoms with E-state index in [0.717, 1.165) is 18.8 Å². The normalized spacial score (nSPS) is 12.5. The van der Waals surface area contributed by atoms with Gasteiger partial charge in [-0.3, -0.25) is 0 Å². The van der Waals surface area contributed by atoms with Crippen molar-refractivity contribution in [1.29, 1.82) is 0 Å². The molecule has 1 rings (SSSR count). The number of hydrogen-bond acceptors (Lipinski definition) is 4. The first kappa shape index (κ1) is 15.6. The van der Waals surface area contributed by atoms with Crippen LogP contribution in [0.15, 0.2) is 12.1 Å². The number of nitrogens with zero attached hydrogens (tertiary/aromatic N) is 2. The topological polar surface area (TPSA) is 51.4 Å². The monoisotopic (exact) mass is 265 g/mol. The molecule has 2 N–H and O–H groups in total. The Balaban J connectivity index is 2.77. The predicted molar refractivity (Wildman–Crippen MR) is 81.7 cm³/mol. The van der Waals surface area contributed by atoms with Gasteiger partial charge in [0.25, 0.3) is 0 Å². The van der Waals surface area contributed by atoms with Crippen LogP contribution in [0.3, 0.4) is 0 Å². The lowest BCUT2D eigenvalue weighted by Crippen LogP contribution is -2.24. The molecular formula is C15H27N3O. The second kappa shape index (κ2) is 7.22. The lowest BCUT2D eigenvalue weighted by atomic mass is 10.1. The molecule has 0 aliphatic carbocycles. The molecule has 1 aromatic heterocycles. The summed E-state index contributed by atoms with van der Waals surface area (Å²) in [6.07, 6.45) is 1.16. The van der Waals surface area contributed by atoms with Crippen LogP contribution in [0.5, 0.6) is 5.88 Å². The summed E-state index contributed by atoms with van der Waals surface area (Å²) in [5, 5.41) is 0. The Bertz CT molecular complexity index is 393. The molecule has 0 bridgehead atoms. The summed E-state index contributed by atoms with van der Waals surface area (Å²) in [7, 11) is 2.05. The molecule has 0 spiro atoms. The fraction of sp³-hybridized carbons (Fsp3) is 0.667. The van der Waals surface area contributed by atoms with Crippen molar-refractivity contribution in [1.82, 2.24) is 4.98 Å². The molecule has 1 unspecified atom stereocenters. The van der Waals surface area contributed by atoms with E-state index in [4.69, 9.17) is 10.5 Å². The zero-order chi connectivity index (χ0) is 14.4. The maximum atomic E-state index is 5.90. The SMILES string of the molecule is CCC(C)CN(C)c1ccc(N)c(OCC(C)C)n1. The summed E-state index contributed by atoms with van der Waals surface area (Å²) in [5.41, 5.74) is 6.50. The third-order valence-electron chi connectivity index (χ3n) is 3.10. The fourth-order valence-corrected chi connectivity index (χ4v) is 1.71. The number of ether oxygens (including phenoxy) is 1. The first-order valence-corrected chi connectivity index (χ1v) is 7.04. The summed E-state index contributed by atoms with van der Waals surface area (Å²) in [6, 6.07) is 3.81. The van der Waals surface area contributed by atoms with Crippen molar-refractivity contribution >= 4 is 11.5 Å². The molecule has 0 radical (unpaired) electrons. The minimum Gasteiger partial charge on any atom is -0.476 e. The maximum Gasteiger partial charge on any atom is 0.239 e. The number of pyridine rings is 1. The Morgan fingerprint density at radius 3 is 2.58 bits per heavy atom. The number of nitrogen functional groups attached to an aromatic ring is 1. The molecule has 108 valence electrons. The minimum absolute atomic E-state index is 0.461. The third kappa shape index (κ3) is 4.97. The van der Waals surface area contributed by atoms with Gasteiger partial charge in [0, 0.05) is 13.6 Å². The molecule has 0 aliphatic heterocycles. The summed E-state index contributed by atoms with van der Waals surface area (Å²) in [6.45, 7) is 10.3. The first-order valence-electron chi connectivity index (χ1n) is 7.04. The van der Waals surface area contributed by atoms with Gasteiger partial charge >= 0.3 is 0 Å². The summed E-state index contributed by atoms with van der Waals surface area (Å²) in [5.74, 6) is 2.56. The van der Waals surface area contributed by atoms with Gasteiger partial charge in [-0.05, 0) is 24.0 Å². The van der Waals surface area contributed by atoms with E-state index < -0.39 is 0 Å². The Labute approximate surface area is 117 Å². The smallest absolute Gasteiger partial charge is 0.239 e. The second-order valence-electron chi connectivity index (χ2n) is 5.66. The van der Waals surface area contributed by atoms with E-state index in [0.29, 0.717) is 30.0 Å². The molecule has 1 heterocycles. The van der Waals surface area contributed by atoms with Crippen LogP contribution in [-0.2, 0) is 0 Å². The van der Waals surface area contributed by atoms with Gasteiger partial charge in [-0.15, -0.1) is 0 Å². The highest BCUT2D eigenvalue weighted by Crippen LogP contribution is 2.23. The Morgan fingerprint density at radius 1 is 1.32 bits per heavy atom. The Morgan fingerprint density at radius 2 is 2.00 bits per heavy atom. The van der Waals surface area contributed by atoms with Crippen molar-refractivity contribution in [2.24, 2.45) is 11.8 Å². The van der Waals surface area contributed by atoms with Gasteiger partial charge in [0.15, 0.2) is 0 Å². The number of hydrogen-bond donors (Lipinski definition) is 1. The lowest BCUT2D eigenvalue weighted by molar-refractivity contribution is 0.263. The number of anilines is 2. The highest BCUT2D eigenvalue weighted by Gasteiger charge is 2.10.